The molecule has 0 aliphatic heterocycles. The molecule has 0 saturated carbocycles. The summed E-state index contributed by atoms with van der Waals surface area (Å²) in [4.78, 5) is 0.155. The molecule has 0 aliphatic rings. The summed E-state index contributed by atoms with van der Waals surface area (Å²) < 4.78 is 22.5. The van der Waals surface area contributed by atoms with E-state index in [1.165, 1.54) is 5.56 Å². The van der Waals surface area contributed by atoms with Crippen LogP contribution < -0.4 is 10.5 Å². The molecule has 0 radical (unpaired) electrons. The quantitative estimate of drug-likeness (QED) is 0.759. The molecule has 0 aliphatic carbocycles. The molecule has 0 bridgehead atoms. The van der Waals surface area contributed by atoms with E-state index in [9.17, 15) is 8.42 Å². The molecule has 5 heteroatoms. The normalized spacial score (nSPS) is 13.6. The number of rotatable bonds is 8. The van der Waals surface area contributed by atoms with Crippen LogP contribution in [0.15, 0.2) is 59.5 Å². The van der Waals surface area contributed by atoms with E-state index in [0.29, 0.717) is 6.04 Å². The maximum absolute atomic E-state index is 11.3. The number of nitrogens with one attached hydrogen (secondary N) is 1. The summed E-state index contributed by atoms with van der Waals surface area (Å²) in [5.74, 6) is 0. The lowest BCUT2D eigenvalue weighted by molar-refractivity contribution is 0.390. The van der Waals surface area contributed by atoms with Crippen molar-refractivity contribution in [1.82, 2.24) is 5.32 Å². The summed E-state index contributed by atoms with van der Waals surface area (Å²) in [6.07, 6.45) is 1.89. The Kier molecular flexibility index (Phi) is 6.38. The summed E-state index contributed by atoms with van der Waals surface area (Å²) in [5, 5.41) is 8.67. The third kappa shape index (κ3) is 5.96. The second-order valence-corrected chi connectivity index (χ2v) is 8.81. The lowest BCUT2D eigenvalue weighted by Crippen LogP contribution is -2.34. The first kappa shape index (κ1) is 19.6. The first-order valence-corrected chi connectivity index (χ1v) is 10.1. The summed E-state index contributed by atoms with van der Waals surface area (Å²) in [7, 11) is -3.62. The van der Waals surface area contributed by atoms with Crippen molar-refractivity contribution in [2.24, 2.45) is 5.14 Å². The van der Waals surface area contributed by atoms with Crippen molar-refractivity contribution in [3.63, 3.8) is 0 Å². The van der Waals surface area contributed by atoms with E-state index < -0.39 is 10.0 Å². The Morgan fingerprint density at radius 2 is 1.64 bits per heavy atom. The van der Waals surface area contributed by atoms with E-state index in [1.807, 2.05) is 18.2 Å². The smallest absolute Gasteiger partial charge is 0.238 e. The average Bonchev–Trinajstić information content (AvgIpc) is 2.55. The van der Waals surface area contributed by atoms with Gasteiger partial charge >= 0.3 is 0 Å². The number of hydrogen-bond donors (Lipinski definition) is 2. The van der Waals surface area contributed by atoms with E-state index in [0.717, 1.165) is 24.9 Å². The second kappa shape index (κ2) is 8.13. The maximum Gasteiger partial charge on any atom is 0.238 e. The topological polar surface area (TPSA) is 72.2 Å². The van der Waals surface area contributed by atoms with Crippen LogP contribution in [-0.4, -0.2) is 21.0 Å². The lowest BCUT2D eigenvalue weighted by atomic mass is 9.79. The molecule has 0 heterocycles. The van der Waals surface area contributed by atoms with Gasteiger partial charge in [-0.25, -0.2) is 13.6 Å². The Bertz CT molecular complexity index is 769. The van der Waals surface area contributed by atoms with Crippen molar-refractivity contribution in [2.45, 2.75) is 50.0 Å². The fraction of sp³-hybridized carbons (Fsp3) is 0.400. The van der Waals surface area contributed by atoms with Crippen LogP contribution in [0.5, 0.6) is 0 Å². The van der Waals surface area contributed by atoms with Crippen LogP contribution in [0.1, 0.15) is 38.3 Å². The molecule has 1 atom stereocenters. The lowest BCUT2D eigenvalue weighted by Gasteiger charge is -2.29. The van der Waals surface area contributed by atoms with Gasteiger partial charge < -0.3 is 5.32 Å². The molecule has 1 unspecified atom stereocenters. The van der Waals surface area contributed by atoms with Gasteiger partial charge in [0.1, 0.15) is 0 Å². The van der Waals surface area contributed by atoms with E-state index in [4.69, 9.17) is 5.14 Å². The zero-order valence-corrected chi connectivity index (χ0v) is 16.0. The molecule has 0 amide bonds. The zero-order valence-electron chi connectivity index (χ0n) is 15.2. The van der Waals surface area contributed by atoms with Crippen LogP contribution >= 0.6 is 0 Å². The predicted molar refractivity (Wildman–Crippen MR) is 103 cm³/mol. The summed E-state index contributed by atoms with van der Waals surface area (Å²) >= 11 is 0. The van der Waals surface area contributed by atoms with Gasteiger partial charge in [-0.1, -0.05) is 56.3 Å². The summed E-state index contributed by atoms with van der Waals surface area (Å²) in [6.45, 7) is 7.59. The highest BCUT2D eigenvalue weighted by atomic mass is 32.2. The van der Waals surface area contributed by atoms with Crippen molar-refractivity contribution < 1.29 is 8.42 Å². The van der Waals surface area contributed by atoms with E-state index in [2.05, 4.69) is 50.4 Å². The van der Waals surface area contributed by atoms with Crippen molar-refractivity contribution in [2.75, 3.05) is 6.54 Å². The largest absolute Gasteiger partial charge is 0.314 e. The molecule has 25 heavy (non-hydrogen) atoms. The highest BCUT2D eigenvalue weighted by Gasteiger charge is 2.22. The monoisotopic (exact) mass is 360 g/mol. The fourth-order valence-corrected chi connectivity index (χ4v) is 3.67. The molecule has 2 aromatic carbocycles. The van der Waals surface area contributed by atoms with Gasteiger partial charge in [-0.05, 0) is 55.0 Å². The van der Waals surface area contributed by atoms with Gasteiger partial charge in [0.25, 0.3) is 0 Å². The molecule has 2 aromatic rings. The second-order valence-electron chi connectivity index (χ2n) is 7.25. The number of sulfonamides is 1. The Morgan fingerprint density at radius 1 is 1.04 bits per heavy atom. The molecule has 0 spiro atoms. The molecular weight excluding hydrogens is 332 g/mol. The van der Waals surface area contributed by atoms with Crippen molar-refractivity contribution in [3.8, 4) is 0 Å². The predicted octanol–water partition coefficient (Wildman–Crippen LogP) is 3.22. The molecular formula is C20H28N2O2S. The van der Waals surface area contributed by atoms with E-state index in [-0.39, 0.29) is 10.3 Å². The number of primary sulfonamides is 1. The standard InChI is InChI=1S/C20H28N2O2S/c1-16(15-20(2,3)18-7-5-4-6-8-18)22-14-13-17-9-11-19(12-10-17)25(21,23)24/h4-12,16,22H,13-15H2,1-3H3,(H2,21,23,24). The highest BCUT2D eigenvalue weighted by molar-refractivity contribution is 7.89. The van der Waals surface area contributed by atoms with Gasteiger partial charge in [0, 0.05) is 6.04 Å². The van der Waals surface area contributed by atoms with Gasteiger partial charge in [0.2, 0.25) is 10.0 Å². The first-order chi connectivity index (χ1) is 11.7. The minimum atomic E-state index is -3.62. The summed E-state index contributed by atoms with van der Waals surface area (Å²) in [5.41, 5.74) is 2.56. The van der Waals surface area contributed by atoms with Crippen LogP contribution in [0.4, 0.5) is 0 Å². The molecule has 3 N–H and O–H groups in total. The minimum absolute atomic E-state index is 0.116. The van der Waals surface area contributed by atoms with Gasteiger partial charge in [0.15, 0.2) is 0 Å². The average molecular weight is 361 g/mol. The third-order valence-electron chi connectivity index (χ3n) is 4.53. The van der Waals surface area contributed by atoms with Crippen molar-refractivity contribution in [3.05, 3.63) is 65.7 Å². The van der Waals surface area contributed by atoms with Crippen LogP contribution in [0.2, 0.25) is 0 Å². The molecule has 136 valence electrons. The number of benzene rings is 2. The van der Waals surface area contributed by atoms with Crippen LogP contribution in [0.3, 0.4) is 0 Å². The van der Waals surface area contributed by atoms with Crippen LogP contribution in [0, 0.1) is 0 Å². The molecule has 0 aromatic heterocycles. The van der Waals surface area contributed by atoms with E-state index >= 15 is 0 Å². The van der Waals surface area contributed by atoms with Crippen LogP contribution in [-0.2, 0) is 21.9 Å². The molecule has 0 fully saturated rings. The first-order valence-electron chi connectivity index (χ1n) is 8.59. The van der Waals surface area contributed by atoms with Crippen molar-refractivity contribution >= 4 is 10.0 Å². The van der Waals surface area contributed by atoms with E-state index in [1.54, 1.807) is 12.1 Å². The Labute approximate surface area is 151 Å². The van der Waals surface area contributed by atoms with Gasteiger partial charge in [-0.15, -0.1) is 0 Å². The minimum Gasteiger partial charge on any atom is -0.314 e. The SMILES string of the molecule is CC(CC(C)(C)c1ccccc1)NCCc1ccc(S(N)(=O)=O)cc1. The van der Waals surface area contributed by atoms with Gasteiger partial charge in [-0.2, -0.15) is 0 Å². The third-order valence-corrected chi connectivity index (χ3v) is 5.46. The Hall–Kier alpha value is -1.69. The zero-order chi connectivity index (χ0) is 18.5. The Morgan fingerprint density at radius 3 is 2.20 bits per heavy atom. The highest BCUT2D eigenvalue weighted by Crippen LogP contribution is 2.28. The fourth-order valence-electron chi connectivity index (χ4n) is 3.15. The maximum atomic E-state index is 11.3. The van der Waals surface area contributed by atoms with Crippen LogP contribution in [0.25, 0.3) is 0 Å². The van der Waals surface area contributed by atoms with Gasteiger partial charge in [0.05, 0.1) is 4.90 Å². The Balaban J connectivity index is 1.83. The number of nitrogens with two attached hydrogens (primary N) is 1. The van der Waals surface area contributed by atoms with Gasteiger partial charge in [-0.3, -0.25) is 0 Å². The molecule has 0 saturated heterocycles. The molecule has 4 nitrogen and oxygen atoms in total. The van der Waals surface area contributed by atoms with Crippen molar-refractivity contribution in [1.29, 1.82) is 0 Å². The molecule has 2 rings (SSSR count). The number of hydrogen-bond acceptors (Lipinski definition) is 3. The summed E-state index contributed by atoms with van der Waals surface area (Å²) in [6, 6.07) is 17.7.